The molecule has 0 fully saturated rings. The lowest BCUT2D eigenvalue weighted by Crippen LogP contribution is -2.11. The van der Waals surface area contributed by atoms with E-state index < -0.39 is 11.9 Å². The smallest absolute Gasteiger partial charge is 0.310 e. The normalized spacial score (nSPS) is 12.4. The van der Waals surface area contributed by atoms with E-state index in [-0.39, 0.29) is 0 Å². The second kappa shape index (κ2) is 5.66. The first-order chi connectivity index (χ1) is 6.75. The predicted octanol–water partition coefficient (Wildman–Crippen LogP) is 2.87. The maximum Gasteiger partial charge on any atom is 0.310 e. The average Bonchev–Trinajstić information content (AvgIpc) is 2.19. The molecule has 14 heavy (non-hydrogen) atoms. The Kier molecular flexibility index (Phi) is 4.47. The van der Waals surface area contributed by atoms with Gasteiger partial charge in [0.25, 0.3) is 0 Å². The van der Waals surface area contributed by atoms with Crippen molar-refractivity contribution in [2.45, 2.75) is 18.8 Å². The third-order valence-electron chi connectivity index (χ3n) is 2.13. The summed E-state index contributed by atoms with van der Waals surface area (Å²) in [5, 5.41) is 9.01. The summed E-state index contributed by atoms with van der Waals surface area (Å²) in [5.41, 5.74) is 0.852. The lowest BCUT2D eigenvalue weighted by molar-refractivity contribution is -0.139. The number of hydrogen-bond donors (Lipinski definition) is 1. The van der Waals surface area contributed by atoms with Crippen LogP contribution in [0.2, 0.25) is 0 Å². The Balaban J connectivity index is 2.73. The van der Waals surface area contributed by atoms with Crippen molar-refractivity contribution in [1.29, 1.82) is 0 Å². The second-order valence-corrected chi connectivity index (χ2v) is 3.51. The van der Waals surface area contributed by atoms with Gasteiger partial charge in [-0.2, -0.15) is 0 Å². The molecule has 0 amide bonds. The molecule has 1 N–H and O–H groups in total. The van der Waals surface area contributed by atoms with Crippen LogP contribution in [0, 0.1) is 0 Å². The van der Waals surface area contributed by atoms with Crippen LogP contribution in [0.4, 0.5) is 0 Å². The van der Waals surface area contributed by atoms with Crippen LogP contribution in [-0.2, 0) is 4.79 Å². The molecule has 1 atom stereocenters. The molecule has 0 radical (unpaired) electrons. The molecule has 0 aliphatic carbocycles. The molecule has 0 aliphatic rings. The van der Waals surface area contributed by atoms with Crippen molar-refractivity contribution in [3.8, 4) is 0 Å². The summed E-state index contributed by atoms with van der Waals surface area (Å²) in [6, 6.07) is 9.27. The van der Waals surface area contributed by atoms with Gasteiger partial charge in [0.05, 0.1) is 5.92 Å². The van der Waals surface area contributed by atoms with Crippen molar-refractivity contribution >= 4 is 17.6 Å². The molecule has 0 spiro atoms. The van der Waals surface area contributed by atoms with Crippen LogP contribution in [0.25, 0.3) is 0 Å². The number of carboxylic acid groups (broad SMARTS) is 1. The minimum atomic E-state index is -0.777. The Hall–Kier alpha value is -1.02. The summed E-state index contributed by atoms with van der Waals surface area (Å²) >= 11 is 5.54. The maximum atomic E-state index is 11.0. The monoisotopic (exact) mass is 212 g/mol. The van der Waals surface area contributed by atoms with Crippen LogP contribution < -0.4 is 0 Å². The Morgan fingerprint density at radius 1 is 1.36 bits per heavy atom. The molecule has 76 valence electrons. The van der Waals surface area contributed by atoms with Crippen molar-refractivity contribution in [3.63, 3.8) is 0 Å². The van der Waals surface area contributed by atoms with E-state index >= 15 is 0 Å². The molecule has 0 heterocycles. The number of benzene rings is 1. The summed E-state index contributed by atoms with van der Waals surface area (Å²) in [7, 11) is 0. The van der Waals surface area contributed by atoms with Crippen LogP contribution in [0.15, 0.2) is 30.3 Å². The maximum absolute atomic E-state index is 11.0. The molecule has 3 heteroatoms. The van der Waals surface area contributed by atoms with Gasteiger partial charge in [-0.15, -0.1) is 11.6 Å². The highest BCUT2D eigenvalue weighted by Gasteiger charge is 2.18. The zero-order chi connectivity index (χ0) is 10.4. The third-order valence-corrected chi connectivity index (χ3v) is 2.39. The van der Waals surface area contributed by atoms with Crippen LogP contribution in [0.5, 0.6) is 0 Å². The fourth-order valence-corrected chi connectivity index (χ4v) is 1.55. The molecule has 0 aliphatic heterocycles. The summed E-state index contributed by atoms with van der Waals surface area (Å²) in [6.07, 6.45) is 1.33. The van der Waals surface area contributed by atoms with Crippen LogP contribution >= 0.6 is 11.6 Å². The molecule has 1 aromatic carbocycles. The lowest BCUT2D eigenvalue weighted by atomic mass is 9.95. The highest BCUT2D eigenvalue weighted by Crippen LogP contribution is 2.21. The first-order valence-corrected chi connectivity index (χ1v) is 5.13. The predicted molar refractivity (Wildman–Crippen MR) is 56.8 cm³/mol. The summed E-state index contributed by atoms with van der Waals surface area (Å²) < 4.78 is 0. The summed E-state index contributed by atoms with van der Waals surface area (Å²) in [5.74, 6) is -0.687. The summed E-state index contributed by atoms with van der Waals surface area (Å²) in [4.78, 5) is 11.0. The standard InChI is InChI=1S/C11H13ClO2/c12-8-4-7-10(11(13)14)9-5-2-1-3-6-9/h1-3,5-6,10H,4,7-8H2,(H,13,14). The van der Waals surface area contributed by atoms with Gasteiger partial charge in [-0.05, 0) is 18.4 Å². The topological polar surface area (TPSA) is 37.3 Å². The van der Waals surface area contributed by atoms with Crippen molar-refractivity contribution in [2.24, 2.45) is 0 Å². The molecular formula is C11H13ClO2. The highest BCUT2D eigenvalue weighted by molar-refractivity contribution is 6.17. The number of aliphatic carboxylic acids is 1. The molecule has 1 rings (SSSR count). The largest absolute Gasteiger partial charge is 0.481 e. The lowest BCUT2D eigenvalue weighted by Gasteiger charge is -2.11. The first-order valence-electron chi connectivity index (χ1n) is 4.59. The quantitative estimate of drug-likeness (QED) is 0.763. The van der Waals surface area contributed by atoms with Gasteiger partial charge in [0.1, 0.15) is 0 Å². The Morgan fingerprint density at radius 2 is 2.00 bits per heavy atom. The number of hydrogen-bond acceptors (Lipinski definition) is 1. The van der Waals surface area contributed by atoms with Crippen molar-refractivity contribution in [3.05, 3.63) is 35.9 Å². The van der Waals surface area contributed by atoms with E-state index in [1.807, 2.05) is 30.3 Å². The number of rotatable bonds is 5. The van der Waals surface area contributed by atoms with Crippen molar-refractivity contribution in [2.75, 3.05) is 5.88 Å². The van der Waals surface area contributed by atoms with E-state index in [0.29, 0.717) is 12.3 Å². The minimum absolute atomic E-state index is 0.421. The molecule has 1 unspecified atom stereocenters. The van der Waals surface area contributed by atoms with Crippen LogP contribution in [0.3, 0.4) is 0 Å². The van der Waals surface area contributed by atoms with E-state index in [0.717, 1.165) is 12.0 Å². The molecular weight excluding hydrogens is 200 g/mol. The fraction of sp³-hybridized carbons (Fsp3) is 0.364. The van der Waals surface area contributed by atoms with Crippen LogP contribution in [0.1, 0.15) is 24.3 Å². The van der Waals surface area contributed by atoms with E-state index in [1.54, 1.807) is 0 Å². The fourth-order valence-electron chi connectivity index (χ4n) is 1.40. The van der Waals surface area contributed by atoms with Gasteiger partial charge in [0.15, 0.2) is 0 Å². The zero-order valence-corrected chi connectivity index (χ0v) is 8.57. The third kappa shape index (κ3) is 3.04. The van der Waals surface area contributed by atoms with Gasteiger partial charge in [-0.25, -0.2) is 0 Å². The zero-order valence-electron chi connectivity index (χ0n) is 7.82. The molecule has 2 nitrogen and oxygen atoms in total. The molecule has 0 bridgehead atoms. The minimum Gasteiger partial charge on any atom is -0.481 e. The average molecular weight is 213 g/mol. The second-order valence-electron chi connectivity index (χ2n) is 3.13. The molecule has 0 aromatic heterocycles. The molecule has 0 saturated carbocycles. The van der Waals surface area contributed by atoms with Gasteiger partial charge in [0, 0.05) is 5.88 Å². The van der Waals surface area contributed by atoms with Crippen LogP contribution in [-0.4, -0.2) is 17.0 Å². The molecule has 1 aromatic rings. The number of halogens is 1. The Morgan fingerprint density at radius 3 is 2.50 bits per heavy atom. The Labute approximate surface area is 88.5 Å². The number of alkyl halides is 1. The van der Waals surface area contributed by atoms with Gasteiger partial charge < -0.3 is 5.11 Å². The van der Waals surface area contributed by atoms with Gasteiger partial charge in [-0.3, -0.25) is 4.79 Å². The van der Waals surface area contributed by atoms with Gasteiger partial charge in [0.2, 0.25) is 0 Å². The van der Waals surface area contributed by atoms with E-state index in [4.69, 9.17) is 16.7 Å². The number of carbonyl (C=O) groups is 1. The van der Waals surface area contributed by atoms with Crippen molar-refractivity contribution < 1.29 is 9.90 Å². The van der Waals surface area contributed by atoms with Gasteiger partial charge >= 0.3 is 5.97 Å². The summed E-state index contributed by atoms with van der Waals surface area (Å²) in [6.45, 7) is 0. The molecule has 0 saturated heterocycles. The van der Waals surface area contributed by atoms with E-state index in [2.05, 4.69) is 0 Å². The first kappa shape index (κ1) is 11.1. The number of carboxylic acids is 1. The Bertz CT molecular complexity index is 285. The highest BCUT2D eigenvalue weighted by atomic mass is 35.5. The van der Waals surface area contributed by atoms with E-state index in [9.17, 15) is 4.79 Å². The van der Waals surface area contributed by atoms with E-state index in [1.165, 1.54) is 0 Å². The SMILES string of the molecule is O=C(O)C(CCCCl)c1ccccc1. The van der Waals surface area contributed by atoms with Crippen molar-refractivity contribution in [1.82, 2.24) is 0 Å². The van der Waals surface area contributed by atoms with Gasteiger partial charge in [-0.1, -0.05) is 30.3 Å².